The summed E-state index contributed by atoms with van der Waals surface area (Å²) >= 11 is 5.68. The molecule has 0 unspecified atom stereocenters. The molecular formula is C26H29ClFN7O2. The molecule has 11 heteroatoms. The molecular weight excluding hydrogens is 497 g/mol. The summed E-state index contributed by atoms with van der Waals surface area (Å²) in [6, 6.07) is 11.7. The van der Waals surface area contributed by atoms with Crippen molar-refractivity contribution >= 4 is 35.1 Å². The van der Waals surface area contributed by atoms with E-state index in [1.54, 1.807) is 0 Å². The molecule has 0 bridgehead atoms. The van der Waals surface area contributed by atoms with Crippen molar-refractivity contribution < 1.29 is 14.0 Å². The van der Waals surface area contributed by atoms with Crippen LogP contribution in [-0.4, -0.2) is 42.3 Å². The summed E-state index contributed by atoms with van der Waals surface area (Å²) in [4.78, 5) is 31.8. The number of halogens is 2. The number of benzene rings is 2. The topological polar surface area (TPSA) is 150 Å². The summed E-state index contributed by atoms with van der Waals surface area (Å²) in [6.07, 6.45) is 2.38. The molecule has 2 amide bonds. The molecule has 0 spiro atoms. The van der Waals surface area contributed by atoms with E-state index in [1.165, 1.54) is 12.1 Å². The highest BCUT2D eigenvalue weighted by Gasteiger charge is 2.35. The highest BCUT2D eigenvalue weighted by molar-refractivity contribution is 6.39. The molecule has 37 heavy (non-hydrogen) atoms. The third kappa shape index (κ3) is 6.56. The van der Waals surface area contributed by atoms with Gasteiger partial charge in [-0.1, -0.05) is 29.8 Å². The molecule has 0 radical (unpaired) electrons. The predicted molar refractivity (Wildman–Crippen MR) is 139 cm³/mol. The first-order valence-electron chi connectivity index (χ1n) is 12.1. The van der Waals surface area contributed by atoms with Crippen LogP contribution < -0.4 is 22.1 Å². The standard InChI is InChI=1S/C26H29ClFN7O2/c27-21-4-2-19(11-22(21)28)33-24(36)25(37)34-23-18(13-32-26(30)31)10-17-9-16(1-3-20(17)23)14-35-7-5-15(12-29)6-8-35/h1-4,9,11,15,18,23H,5-8,10,13-14H2,(H,33,36)(H,34,37)(H4,30,31,32)/t18-,23-/m1/s1. The maximum atomic E-state index is 13.7. The molecule has 1 fully saturated rings. The quantitative estimate of drug-likeness (QED) is 0.258. The minimum atomic E-state index is -0.923. The lowest BCUT2D eigenvalue weighted by atomic mass is 9.97. The average molecular weight is 526 g/mol. The fourth-order valence-electron chi connectivity index (χ4n) is 4.93. The van der Waals surface area contributed by atoms with Gasteiger partial charge in [0.2, 0.25) is 0 Å². The van der Waals surface area contributed by atoms with Crippen LogP contribution in [0.15, 0.2) is 41.4 Å². The Morgan fingerprint density at radius 1 is 1.16 bits per heavy atom. The number of guanidine groups is 1. The molecule has 1 heterocycles. The number of carbonyl (C=O) groups is 2. The number of nitriles is 1. The molecule has 2 aromatic rings. The zero-order chi connectivity index (χ0) is 26.5. The van der Waals surface area contributed by atoms with E-state index in [0.29, 0.717) is 6.42 Å². The van der Waals surface area contributed by atoms with E-state index in [9.17, 15) is 14.0 Å². The van der Waals surface area contributed by atoms with Crippen LogP contribution in [0.25, 0.3) is 0 Å². The van der Waals surface area contributed by atoms with Gasteiger partial charge in [0.25, 0.3) is 0 Å². The number of amides is 2. The van der Waals surface area contributed by atoms with Crippen LogP contribution in [0.3, 0.4) is 0 Å². The van der Waals surface area contributed by atoms with Gasteiger partial charge >= 0.3 is 11.8 Å². The number of rotatable bonds is 6. The molecule has 4 rings (SSSR count). The van der Waals surface area contributed by atoms with Crippen molar-refractivity contribution in [2.45, 2.75) is 31.8 Å². The lowest BCUT2D eigenvalue weighted by molar-refractivity contribution is -0.136. The Kier molecular flexibility index (Phi) is 8.26. The fraction of sp³-hybridized carbons (Fsp3) is 0.385. The van der Waals surface area contributed by atoms with Gasteiger partial charge in [-0.2, -0.15) is 5.26 Å². The number of nitrogens with two attached hydrogens (primary N) is 2. The molecule has 2 atom stereocenters. The summed E-state index contributed by atoms with van der Waals surface area (Å²) < 4.78 is 13.7. The third-order valence-corrected chi connectivity index (χ3v) is 7.16. The van der Waals surface area contributed by atoms with E-state index in [4.69, 9.17) is 28.3 Å². The number of aliphatic imine (C=N–C) groups is 1. The fourth-order valence-corrected chi connectivity index (χ4v) is 5.04. The van der Waals surface area contributed by atoms with E-state index in [1.807, 2.05) is 12.1 Å². The van der Waals surface area contributed by atoms with E-state index in [-0.39, 0.29) is 35.1 Å². The number of nitrogens with zero attached hydrogens (tertiary/aromatic N) is 3. The zero-order valence-corrected chi connectivity index (χ0v) is 21.0. The van der Waals surface area contributed by atoms with Gasteiger partial charge in [-0.25, -0.2) is 4.39 Å². The van der Waals surface area contributed by atoms with Crippen molar-refractivity contribution in [3.05, 3.63) is 63.9 Å². The SMILES string of the molecule is N#CC1CCN(Cc2ccc3c(c2)C[C@H](CN=C(N)N)[C@H]3NC(=O)C(=O)Nc2ccc(Cl)c(F)c2)CC1. The van der Waals surface area contributed by atoms with E-state index in [2.05, 4.69) is 32.7 Å². The van der Waals surface area contributed by atoms with Crippen LogP contribution >= 0.6 is 11.6 Å². The Balaban J connectivity index is 1.46. The molecule has 1 aliphatic heterocycles. The first-order valence-corrected chi connectivity index (χ1v) is 12.5. The Morgan fingerprint density at radius 2 is 1.92 bits per heavy atom. The lowest BCUT2D eigenvalue weighted by Crippen LogP contribution is -2.40. The van der Waals surface area contributed by atoms with Gasteiger partial charge in [0.1, 0.15) is 5.82 Å². The number of hydrogen-bond donors (Lipinski definition) is 4. The Labute approximate surface area is 219 Å². The van der Waals surface area contributed by atoms with Crippen molar-refractivity contribution in [1.82, 2.24) is 10.2 Å². The number of carbonyl (C=O) groups excluding carboxylic acids is 2. The van der Waals surface area contributed by atoms with Gasteiger partial charge in [-0.15, -0.1) is 0 Å². The van der Waals surface area contributed by atoms with Crippen molar-refractivity contribution in [2.75, 3.05) is 25.0 Å². The highest BCUT2D eigenvalue weighted by atomic mass is 35.5. The minimum absolute atomic E-state index is 0.0509. The number of nitrogens with one attached hydrogen (secondary N) is 2. The highest BCUT2D eigenvalue weighted by Crippen LogP contribution is 2.37. The van der Waals surface area contributed by atoms with Crippen molar-refractivity contribution in [3.8, 4) is 6.07 Å². The summed E-state index contributed by atoms with van der Waals surface area (Å²) in [7, 11) is 0. The predicted octanol–water partition coefficient (Wildman–Crippen LogP) is 2.46. The van der Waals surface area contributed by atoms with Crippen LogP contribution in [0.2, 0.25) is 5.02 Å². The van der Waals surface area contributed by atoms with Crippen molar-refractivity contribution in [1.29, 1.82) is 5.26 Å². The van der Waals surface area contributed by atoms with Crippen LogP contribution in [0.1, 0.15) is 35.6 Å². The molecule has 1 saturated heterocycles. The molecule has 194 valence electrons. The van der Waals surface area contributed by atoms with Gasteiger partial charge in [0.05, 0.1) is 17.1 Å². The molecule has 2 aliphatic rings. The Bertz CT molecular complexity index is 1250. The molecule has 0 saturated carbocycles. The first-order chi connectivity index (χ1) is 17.7. The first kappa shape index (κ1) is 26.4. The number of hydrogen-bond acceptors (Lipinski definition) is 5. The van der Waals surface area contributed by atoms with Crippen LogP contribution in [0.5, 0.6) is 0 Å². The maximum absolute atomic E-state index is 13.7. The second-order valence-corrected chi connectivity index (χ2v) is 9.88. The molecule has 2 aromatic carbocycles. The molecule has 9 nitrogen and oxygen atoms in total. The van der Waals surface area contributed by atoms with Crippen molar-refractivity contribution in [2.24, 2.45) is 28.3 Å². The van der Waals surface area contributed by atoms with Crippen molar-refractivity contribution in [3.63, 3.8) is 0 Å². The van der Waals surface area contributed by atoms with Gasteiger partial charge < -0.3 is 22.1 Å². The lowest BCUT2D eigenvalue weighted by Gasteiger charge is -2.29. The van der Waals surface area contributed by atoms with Gasteiger partial charge in [-0.05, 0) is 67.2 Å². The second-order valence-electron chi connectivity index (χ2n) is 9.48. The number of fused-ring (bicyclic) bond motifs is 1. The monoisotopic (exact) mass is 525 g/mol. The summed E-state index contributed by atoms with van der Waals surface area (Å²) in [5.41, 5.74) is 14.3. The average Bonchev–Trinajstić information content (AvgIpc) is 3.21. The third-order valence-electron chi connectivity index (χ3n) is 6.85. The van der Waals surface area contributed by atoms with E-state index in [0.717, 1.165) is 55.2 Å². The largest absolute Gasteiger partial charge is 0.370 e. The number of likely N-dealkylation sites (tertiary alicyclic amines) is 1. The van der Waals surface area contributed by atoms with Crippen LogP contribution in [0, 0.1) is 29.0 Å². The molecule has 0 aromatic heterocycles. The smallest absolute Gasteiger partial charge is 0.313 e. The zero-order valence-electron chi connectivity index (χ0n) is 20.2. The maximum Gasteiger partial charge on any atom is 0.313 e. The Morgan fingerprint density at radius 3 is 2.59 bits per heavy atom. The number of piperidine rings is 1. The molecule has 6 N–H and O–H groups in total. The van der Waals surface area contributed by atoms with E-state index >= 15 is 0 Å². The summed E-state index contributed by atoms with van der Waals surface area (Å²) in [5.74, 6) is -2.55. The summed E-state index contributed by atoms with van der Waals surface area (Å²) in [6.45, 7) is 2.82. The van der Waals surface area contributed by atoms with E-state index < -0.39 is 23.7 Å². The normalized spacial score (nSPS) is 19.5. The minimum Gasteiger partial charge on any atom is -0.370 e. The molecule has 1 aliphatic carbocycles. The van der Waals surface area contributed by atoms with Gasteiger partial charge in [0, 0.05) is 30.6 Å². The van der Waals surface area contributed by atoms with Gasteiger partial charge in [-0.3, -0.25) is 19.5 Å². The van der Waals surface area contributed by atoms with Crippen LogP contribution in [-0.2, 0) is 22.6 Å². The summed E-state index contributed by atoms with van der Waals surface area (Å²) in [5, 5.41) is 14.2. The second kappa shape index (κ2) is 11.6. The van der Waals surface area contributed by atoms with Gasteiger partial charge in [0.15, 0.2) is 5.96 Å². The number of anilines is 1. The van der Waals surface area contributed by atoms with Crippen LogP contribution in [0.4, 0.5) is 10.1 Å². The Hall–Kier alpha value is -3.68.